The first kappa shape index (κ1) is 27.9. The summed E-state index contributed by atoms with van der Waals surface area (Å²) in [6.07, 6.45) is 5.01. The molecule has 0 fully saturated rings. The zero-order valence-electron chi connectivity index (χ0n) is 23.5. The van der Waals surface area contributed by atoms with Gasteiger partial charge in [0, 0.05) is 43.3 Å². The Labute approximate surface area is 237 Å². The van der Waals surface area contributed by atoms with Crippen LogP contribution in [0.15, 0.2) is 53.2 Å². The molecule has 0 bridgehead atoms. The minimum Gasteiger partial charge on any atom is -0.476 e. The molecular weight excluding hydrogens is 524 g/mol. The Hall–Kier alpha value is -4.67. The van der Waals surface area contributed by atoms with Crippen LogP contribution in [0.2, 0.25) is 0 Å². The van der Waals surface area contributed by atoms with Gasteiger partial charge in [0.2, 0.25) is 11.8 Å². The van der Waals surface area contributed by atoms with E-state index in [0.717, 1.165) is 22.0 Å². The van der Waals surface area contributed by atoms with Gasteiger partial charge in [0.1, 0.15) is 23.7 Å². The van der Waals surface area contributed by atoms with Crippen LogP contribution in [-0.4, -0.2) is 50.1 Å². The van der Waals surface area contributed by atoms with Crippen molar-refractivity contribution < 1.29 is 23.9 Å². The van der Waals surface area contributed by atoms with Gasteiger partial charge < -0.3 is 24.7 Å². The first-order valence-electron chi connectivity index (χ1n) is 13.7. The standard InChI is InChI=1S/C30H34N6O5/c1-17(2)14-22(33-30(40)36-13-11-19-8-7-12-31-26(19)36)27(37)32-23(28-34-25(29(38)39)18(3)41-28)15-20-16-35(4)24-10-6-5-9-21(20)24/h5-10,12,16-17,22-23H,11,13-15H2,1-4H3,(H,32,37)(H,33,40)(H,38,39)/t22?,23-/m1/s1. The summed E-state index contributed by atoms with van der Waals surface area (Å²) in [4.78, 5) is 49.0. The highest BCUT2D eigenvalue weighted by Crippen LogP contribution is 2.28. The predicted molar refractivity (Wildman–Crippen MR) is 153 cm³/mol. The van der Waals surface area contributed by atoms with Gasteiger partial charge in [-0.1, -0.05) is 38.1 Å². The van der Waals surface area contributed by atoms with Gasteiger partial charge in [-0.2, -0.15) is 0 Å². The molecule has 11 nitrogen and oxygen atoms in total. The van der Waals surface area contributed by atoms with E-state index in [9.17, 15) is 19.5 Å². The van der Waals surface area contributed by atoms with E-state index in [4.69, 9.17) is 4.42 Å². The van der Waals surface area contributed by atoms with Gasteiger partial charge in [0.25, 0.3) is 0 Å². The molecule has 41 heavy (non-hydrogen) atoms. The average Bonchev–Trinajstić information content (AvgIpc) is 3.63. The molecular formula is C30H34N6O5. The molecule has 1 unspecified atom stereocenters. The number of rotatable bonds is 9. The van der Waals surface area contributed by atoms with Gasteiger partial charge in [-0.25, -0.2) is 19.6 Å². The number of carboxylic acid groups (broad SMARTS) is 1. The van der Waals surface area contributed by atoms with Crippen molar-refractivity contribution >= 4 is 34.6 Å². The maximum atomic E-state index is 13.8. The minimum absolute atomic E-state index is 0.0912. The number of fused-ring (bicyclic) bond motifs is 2. The summed E-state index contributed by atoms with van der Waals surface area (Å²) in [6.45, 7) is 5.96. The number of aromatic nitrogens is 3. The van der Waals surface area contributed by atoms with Crippen molar-refractivity contribution in [3.05, 3.63) is 77.3 Å². The van der Waals surface area contributed by atoms with E-state index in [1.54, 1.807) is 11.1 Å². The summed E-state index contributed by atoms with van der Waals surface area (Å²) in [6, 6.07) is 9.66. The number of aryl methyl sites for hydroxylation is 2. The number of para-hydroxylation sites is 1. The molecule has 1 aliphatic rings. The van der Waals surface area contributed by atoms with Crippen molar-refractivity contribution in [2.24, 2.45) is 13.0 Å². The molecule has 0 saturated heterocycles. The Morgan fingerprint density at radius 1 is 1.12 bits per heavy atom. The molecule has 0 saturated carbocycles. The number of benzene rings is 1. The van der Waals surface area contributed by atoms with E-state index in [2.05, 4.69) is 20.6 Å². The predicted octanol–water partition coefficient (Wildman–Crippen LogP) is 4.15. The summed E-state index contributed by atoms with van der Waals surface area (Å²) < 4.78 is 7.77. The number of oxazole rings is 1. The lowest BCUT2D eigenvalue weighted by Gasteiger charge is -2.25. The lowest BCUT2D eigenvalue weighted by Crippen LogP contribution is -2.52. The average molecular weight is 559 g/mol. The Bertz CT molecular complexity index is 1610. The molecule has 11 heteroatoms. The summed E-state index contributed by atoms with van der Waals surface area (Å²) in [5.41, 5.74) is 2.73. The molecule has 214 valence electrons. The van der Waals surface area contributed by atoms with Gasteiger partial charge in [0.05, 0.1) is 0 Å². The second-order valence-corrected chi connectivity index (χ2v) is 10.8. The number of carbonyl (C=O) groups excluding carboxylic acids is 2. The van der Waals surface area contributed by atoms with Crippen molar-refractivity contribution in [1.29, 1.82) is 0 Å². The Morgan fingerprint density at radius 2 is 1.90 bits per heavy atom. The maximum Gasteiger partial charge on any atom is 0.358 e. The third-order valence-corrected chi connectivity index (χ3v) is 7.33. The van der Waals surface area contributed by atoms with Crippen LogP contribution >= 0.6 is 0 Å². The van der Waals surface area contributed by atoms with E-state index >= 15 is 0 Å². The molecule has 1 aromatic carbocycles. The zero-order chi connectivity index (χ0) is 29.3. The lowest BCUT2D eigenvalue weighted by molar-refractivity contribution is -0.124. The fraction of sp³-hybridized carbons (Fsp3) is 0.367. The van der Waals surface area contributed by atoms with Gasteiger partial charge in [-0.05, 0) is 48.9 Å². The van der Waals surface area contributed by atoms with E-state index in [1.807, 2.05) is 68.1 Å². The number of hydrogen-bond donors (Lipinski definition) is 3. The van der Waals surface area contributed by atoms with Gasteiger partial charge in [-0.15, -0.1) is 0 Å². The van der Waals surface area contributed by atoms with E-state index in [0.29, 0.717) is 31.6 Å². The van der Waals surface area contributed by atoms with E-state index < -0.39 is 30.0 Å². The van der Waals surface area contributed by atoms with E-state index in [1.165, 1.54) is 6.92 Å². The second kappa shape index (κ2) is 11.4. The van der Waals surface area contributed by atoms with Gasteiger partial charge in [0.15, 0.2) is 5.69 Å². The summed E-state index contributed by atoms with van der Waals surface area (Å²) in [5.74, 6) is -0.679. The van der Waals surface area contributed by atoms with Gasteiger partial charge >= 0.3 is 12.0 Å². The van der Waals surface area contributed by atoms with Crippen molar-refractivity contribution in [1.82, 2.24) is 25.2 Å². The quantitative estimate of drug-likeness (QED) is 0.280. The molecule has 2 atom stereocenters. The number of hydrogen-bond acceptors (Lipinski definition) is 6. The number of nitrogens with one attached hydrogen (secondary N) is 2. The number of anilines is 1. The van der Waals surface area contributed by atoms with Crippen molar-refractivity contribution in [2.45, 2.75) is 52.1 Å². The Morgan fingerprint density at radius 3 is 2.63 bits per heavy atom. The second-order valence-electron chi connectivity index (χ2n) is 10.8. The summed E-state index contributed by atoms with van der Waals surface area (Å²) in [5, 5.41) is 16.5. The number of pyridine rings is 1. The van der Waals surface area contributed by atoms with Crippen LogP contribution in [0.3, 0.4) is 0 Å². The van der Waals surface area contributed by atoms with E-state index in [-0.39, 0.29) is 23.3 Å². The third kappa shape index (κ3) is 5.79. The monoisotopic (exact) mass is 558 g/mol. The minimum atomic E-state index is -1.21. The van der Waals surface area contributed by atoms with Crippen LogP contribution in [0, 0.1) is 12.8 Å². The van der Waals surface area contributed by atoms with Crippen LogP contribution in [0.4, 0.5) is 10.6 Å². The smallest absolute Gasteiger partial charge is 0.358 e. The summed E-state index contributed by atoms with van der Waals surface area (Å²) >= 11 is 0. The number of amides is 3. The fourth-order valence-corrected chi connectivity index (χ4v) is 5.38. The Balaban J connectivity index is 1.42. The molecule has 3 aromatic heterocycles. The normalized spacial score (nSPS) is 14.2. The molecule has 4 aromatic rings. The summed E-state index contributed by atoms with van der Waals surface area (Å²) in [7, 11) is 1.94. The molecule has 0 radical (unpaired) electrons. The molecule has 3 amide bonds. The molecule has 1 aliphatic heterocycles. The third-order valence-electron chi connectivity index (χ3n) is 7.33. The number of nitrogens with zero attached hydrogens (tertiary/aromatic N) is 4. The maximum absolute atomic E-state index is 13.8. The largest absolute Gasteiger partial charge is 0.476 e. The molecule has 5 rings (SSSR count). The van der Waals surface area contributed by atoms with Crippen LogP contribution in [0.25, 0.3) is 10.9 Å². The first-order chi connectivity index (χ1) is 19.6. The van der Waals surface area contributed by atoms with Gasteiger partial charge in [-0.3, -0.25) is 9.69 Å². The number of aromatic carboxylic acids is 1. The molecule has 4 heterocycles. The van der Waals surface area contributed by atoms with Crippen molar-refractivity contribution in [3.8, 4) is 0 Å². The topological polar surface area (TPSA) is 143 Å². The van der Waals surface area contributed by atoms with Crippen LogP contribution in [0.5, 0.6) is 0 Å². The Kier molecular flexibility index (Phi) is 7.78. The molecule has 0 spiro atoms. The molecule has 0 aliphatic carbocycles. The van der Waals surface area contributed by atoms with Crippen LogP contribution < -0.4 is 15.5 Å². The highest BCUT2D eigenvalue weighted by Gasteiger charge is 2.32. The zero-order valence-corrected chi connectivity index (χ0v) is 23.5. The number of carboxylic acids is 1. The SMILES string of the molecule is Cc1oc([C@@H](Cc2cn(C)c3ccccc23)NC(=O)C(CC(C)C)NC(=O)N2CCc3cccnc32)nc1C(=O)O. The fourth-order valence-electron chi connectivity index (χ4n) is 5.38. The molecule has 3 N–H and O–H groups in total. The number of carbonyl (C=O) groups is 3. The van der Waals surface area contributed by atoms with Crippen LogP contribution in [-0.2, 0) is 24.7 Å². The van der Waals surface area contributed by atoms with Crippen molar-refractivity contribution in [3.63, 3.8) is 0 Å². The first-order valence-corrected chi connectivity index (χ1v) is 13.7. The van der Waals surface area contributed by atoms with Crippen LogP contribution in [0.1, 0.15) is 59.6 Å². The van der Waals surface area contributed by atoms with Crippen molar-refractivity contribution in [2.75, 3.05) is 11.4 Å². The highest BCUT2D eigenvalue weighted by atomic mass is 16.4. The lowest BCUT2D eigenvalue weighted by atomic mass is 10.0. The number of urea groups is 1. The highest BCUT2D eigenvalue weighted by molar-refractivity contribution is 5.96.